The minimum atomic E-state index is -0.838. The molecule has 0 radical (unpaired) electrons. The van der Waals surface area contributed by atoms with E-state index in [1.165, 1.54) is 5.56 Å². The summed E-state index contributed by atoms with van der Waals surface area (Å²) in [7, 11) is 0. The molecule has 98 valence electrons. The van der Waals surface area contributed by atoms with Crippen LogP contribution in [-0.2, 0) is 4.79 Å². The third kappa shape index (κ3) is 3.50. The molecule has 0 aliphatic heterocycles. The summed E-state index contributed by atoms with van der Waals surface area (Å²) in [5.41, 5.74) is 0.363. The van der Waals surface area contributed by atoms with E-state index in [4.69, 9.17) is 0 Å². The summed E-state index contributed by atoms with van der Waals surface area (Å²) in [5, 5.41) is 12.6. The number of aryl methyl sites for hydroxylation is 1. The molecular formula is C14H19NO2S. The van der Waals surface area contributed by atoms with Crippen molar-refractivity contribution >= 4 is 17.7 Å². The predicted molar refractivity (Wildman–Crippen MR) is 74.1 cm³/mol. The molecule has 0 aromatic heterocycles. The highest BCUT2D eigenvalue weighted by Crippen LogP contribution is 2.28. The number of hydrogen-bond acceptors (Lipinski definition) is 3. The van der Waals surface area contributed by atoms with Crippen LogP contribution in [0.15, 0.2) is 29.2 Å². The first-order valence-corrected chi connectivity index (χ1v) is 7.19. The number of carboxylic acid groups (broad SMARTS) is 1. The number of aliphatic carboxylic acids is 1. The van der Waals surface area contributed by atoms with Crippen LogP contribution >= 0.6 is 11.8 Å². The molecule has 2 N–H and O–H groups in total. The minimum Gasteiger partial charge on any atom is -0.480 e. The van der Waals surface area contributed by atoms with Crippen molar-refractivity contribution in [1.29, 1.82) is 0 Å². The van der Waals surface area contributed by atoms with Gasteiger partial charge in [0.25, 0.3) is 0 Å². The van der Waals surface area contributed by atoms with E-state index < -0.39 is 11.5 Å². The number of thioether (sulfide) groups is 1. The molecule has 0 saturated heterocycles. The van der Waals surface area contributed by atoms with Crippen LogP contribution < -0.4 is 5.32 Å². The van der Waals surface area contributed by atoms with Crippen LogP contribution in [0, 0.1) is 6.92 Å². The molecule has 1 fully saturated rings. The van der Waals surface area contributed by atoms with Gasteiger partial charge < -0.3 is 5.11 Å². The molecule has 1 aromatic carbocycles. The van der Waals surface area contributed by atoms with E-state index in [9.17, 15) is 9.90 Å². The van der Waals surface area contributed by atoms with E-state index in [1.807, 2.05) is 25.1 Å². The average molecular weight is 265 g/mol. The summed E-state index contributed by atoms with van der Waals surface area (Å²) >= 11 is 1.60. The second-order valence-corrected chi connectivity index (χ2v) is 6.21. The first-order chi connectivity index (χ1) is 8.49. The maximum atomic E-state index is 11.4. The highest BCUT2D eigenvalue weighted by Gasteiger charge is 2.38. The van der Waals surface area contributed by atoms with Gasteiger partial charge in [0.2, 0.25) is 0 Å². The zero-order chi connectivity index (χ0) is 13.2. The van der Waals surface area contributed by atoms with Gasteiger partial charge in [-0.25, -0.2) is 0 Å². The highest BCUT2D eigenvalue weighted by molar-refractivity contribution is 7.99. The molecule has 1 aromatic rings. The van der Waals surface area contributed by atoms with Crippen molar-refractivity contribution in [1.82, 2.24) is 5.32 Å². The van der Waals surface area contributed by atoms with Crippen LogP contribution in [0.25, 0.3) is 0 Å². The smallest absolute Gasteiger partial charge is 0.324 e. The monoisotopic (exact) mass is 265 g/mol. The van der Waals surface area contributed by atoms with Gasteiger partial charge in [0.05, 0.1) is 0 Å². The van der Waals surface area contributed by atoms with E-state index in [0.717, 1.165) is 17.7 Å². The van der Waals surface area contributed by atoms with Gasteiger partial charge in [-0.15, -0.1) is 11.8 Å². The zero-order valence-electron chi connectivity index (χ0n) is 10.8. The summed E-state index contributed by atoms with van der Waals surface area (Å²) < 4.78 is 0. The molecule has 4 heteroatoms. The predicted octanol–water partition coefficient (Wildman–Crippen LogP) is 2.68. The maximum absolute atomic E-state index is 11.4. The van der Waals surface area contributed by atoms with E-state index in [0.29, 0.717) is 11.8 Å². The molecule has 1 aliphatic carbocycles. The van der Waals surface area contributed by atoms with E-state index in [1.54, 1.807) is 18.7 Å². The van der Waals surface area contributed by atoms with E-state index >= 15 is 0 Å². The van der Waals surface area contributed by atoms with Crippen molar-refractivity contribution < 1.29 is 9.90 Å². The van der Waals surface area contributed by atoms with Crippen molar-refractivity contribution in [2.75, 3.05) is 5.75 Å². The van der Waals surface area contributed by atoms with Crippen LogP contribution in [0.4, 0.5) is 0 Å². The lowest BCUT2D eigenvalue weighted by atomic mass is 10.1. The van der Waals surface area contributed by atoms with Gasteiger partial charge in [0.1, 0.15) is 5.54 Å². The number of hydrogen-bond donors (Lipinski definition) is 2. The lowest BCUT2D eigenvalue weighted by Gasteiger charge is -2.26. The Bertz CT molecular complexity index is 445. The maximum Gasteiger partial charge on any atom is 0.324 e. The molecule has 1 unspecified atom stereocenters. The fourth-order valence-electron chi connectivity index (χ4n) is 1.78. The van der Waals surface area contributed by atoms with Crippen LogP contribution in [0.3, 0.4) is 0 Å². The van der Waals surface area contributed by atoms with Gasteiger partial charge in [-0.3, -0.25) is 10.1 Å². The van der Waals surface area contributed by atoms with Gasteiger partial charge >= 0.3 is 5.97 Å². The molecule has 0 amide bonds. The Morgan fingerprint density at radius 1 is 1.56 bits per heavy atom. The third-order valence-corrected chi connectivity index (χ3v) is 4.40. The van der Waals surface area contributed by atoms with Gasteiger partial charge in [-0.2, -0.15) is 0 Å². The SMILES string of the molecule is Cc1cccc(SCC(C)(NC2CC2)C(=O)O)c1. The first kappa shape index (κ1) is 13.4. The quantitative estimate of drug-likeness (QED) is 0.776. The summed E-state index contributed by atoms with van der Waals surface area (Å²) in [4.78, 5) is 12.5. The Labute approximate surface area is 112 Å². The van der Waals surface area contributed by atoms with Gasteiger partial charge in [-0.1, -0.05) is 17.7 Å². The Balaban J connectivity index is 1.98. The second kappa shape index (κ2) is 5.33. The summed E-state index contributed by atoms with van der Waals surface area (Å²) in [6.45, 7) is 3.82. The van der Waals surface area contributed by atoms with Crippen LogP contribution in [0.1, 0.15) is 25.3 Å². The first-order valence-electron chi connectivity index (χ1n) is 6.20. The average Bonchev–Trinajstić information content (AvgIpc) is 3.10. The van der Waals surface area contributed by atoms with Crippen LogP contribution in [-0.4, -0.2) is 28.4 Å². The summed E-state index contributed by atoms with van der Waals surface area (Å²) in [6.07, 6.45) is 2.19. The molecule has 3 nitrogen and oxygen atoms in total. The number of carbonyl (C=O) groups is 1. The fraction of sp³-hybridized carbons (Fsp3) is 0.500. The number of benzene rings is 1. The van der Waals surface area contributed by atoms with Gasteiger partial charge in [0.15, 0.2) is 0 Å². The summed E-state index contributed by atoms with van der Waals surface area (Å²) in [6, 6.07) is 8.55. The molecule has 18 heavy (non-hydrogen) atoms. The molecular weight excluding hydrogens is 246 g/mol. The van der Waals surface area contributed by atoms with Crippen molar-refractivity contribution in [3.8, 4) is 0 Å². The van der Waals surface area contributed by atoms with Crippen molar-refractivity contribution in [3.05, 3.63) is 29.8 Å². The number of rotatable bonds is 6. The molecule has 0 heterocycles. The molecule has 1 aliphatic rings. The Hall–Kier alpha value is -1.00. The molecule has 1 saturated carbocycles. The molecule has 2 rings (SSSR count). The second-order valence-electron chi connectivity index (χ2n) is 5.16. The van der Waals surface area contributed by atoms with Crippen LogP contribution in [0.2, 0.25) is 0 Å². The van der Waals surface area contributed by atoms with E-state index in [-0.39, 0.29) is 0 Å². The van der Waals surface area contributed by atoms with Gasteiger partial charge in [0, 0.05) is 16.7 Å². The van der Waals surface area contributed by atoms with E-state index in [2.05, 4.69) is 11.4 Å². The molecule has 1 atom stereocenters. The Morgan fingerprint density at radius 2 is 2.28 bits per heavy atom. The largest absolute Gasteiger partial charge is 0.480 e. The minimum absolute atomic E-state index is 0.393. The lowest BCUT2D eigenvalue weighted by Crippen LogP contribution is -2.52. The summed E-state index contributed by atoms with van der Waals surface area (Å²) in [5.74, 6) is -0.225. The fourth-order valence-corrected chi connectivity index (χ4v) is 2.88. The Morgan fingerprint density at radius 3 is 2.83 bits per heavy atom. The topological polar surface area (TPSA) is 49.3 Å². The normalized spacial score (nSPS) is 18.3. The number of carboxylic acids is 1. The standard InChI is InChI=1S/C14H19NO2S/c1-10-4-3-5-12(8-10)18-9-14(2,13(16)17)15-11-6-7-11/h3-5,8,11,15H,6-7,9H2,1-2H3,(H,16,17). The number of nitrogens with one attached hydrogen (secondary N) is 1. The lowest BCUT2D eigenvalue weighted by molar-refractivity contribution is -0.143. The Kier molecular flexibility index (Phi) is 3.97. The van der Waals surface area contributed by atoms with Crippen molar-refractivity contribution in [2.24, 2.45) is 0 Å². The molecule has 0 spiro atoms. The van der Waals surface area contributed by atoms with Gasteiger partial charge in [-0.05, 0) is 38.8 Å². The zero-order valence-corrected chi connectivity index (χ0v) is 11.6. The van der Waals surface area contributed by atoms with Crippen molar-refractivity contribution in [2.45, 2.75) is 43.2 Å². The molecule has 0 bridgehead atoms. The highest BCUT2D eigenvalue weighted by atomic mass is 32.2. The third-order valence-electron chi connectivity index (χ3n) is 3.09. The van der Waals surface area contributed by atoms with Crippen molar-refractivity contribution in [3.63, 3.8) is 0 Å². The van der Waals surface area contributed by atoms with Crippen LogP contribution in [0.5, 0.6) is 0 Å².